The second kappa shape index (κ2) is 8.61. The highest BCUT2D eigenvalue weighted by atomic mass is 35.5. The highest BCUT2D eigenvalue weighted by Crippen LogP contribution is 2.36. The number of halogens is 1. The van der Waals surface area contributed by atoms with E-state index in [1.165, 1.54) is 19.4 Å². The van der Waals surface area contributed by atoms with Crippen LogP contribution in [0.2, 0.25) is 5.02 Å². The molecule has 4 nitrogen and oxygen atoms in total. The van der Waals surface area contributed by atoms with Gasteiger partial charge in [-0.05, 0) is 50.6 Å². The van der Waals surface area contributed by atoms with E-state index in [1.54, 1.807) is 7.11 Å². The smallest absolute Gasteiger partial charge is 0.179 e. The van der Waals surface area contributed by atoms with Crippen LogP contribution in [0.25, 0.3) is 0 Å². The number of ether oxygens (including phenoxy) is 2. The largest absolute Gasteiger partial charge is 0.493 e. The van der Waals surface area contributed by atoms with Crippen molar-refractivity contribution in [2.75, 3.05) is 33.4 Å². The van der Waals surface area contributed by atoms with Gasteiger partial charge >= 0.3 is 0 Å². The molecule has 1 N–H and O–H groups in total. The van der Waals surface area contributed by atoms with Crippen molar-refractivity contribution in [3.8, 4) is 11.5 Å². The molecule has 0 saturated carbocycles. The molecule has 0 bridgehead atoms. The molecule has 124 valence electrons. The van der Waals surface area contributed by atoms with Gasteiger partial charge in [-0.1, -0.05) is 18.5 Å². The van der Waals surface area contributed by atoms with Gasteiger partial charge in [0.15, 0.2) is 11.5 Å². The lowest BCUT2D eigenvalue weighted by atomic mass is 10.1. The van der Waals surface area contributed by atoms with E-state index in [0.717, 1.165) is 25.2 Å². The highest BCUT2D eigenvalue weighted by Gasteiger charge is 2.22. The predicted molar refractivity (Wildman–Crippen MR) is 91.1 cm³/mol. The molecule has 1 heterocycles. The summed E-state index contributed by atoms with van der Waals surface area (Å²) in [5.74, 6) is 1.32. The molecule has 1 aromatic carbocycles. The molecular formula is C17H27ClN2O2. The summed E-state index contributed by atoms with van der Waals surface area (Å²) in [5.41, 5.74) is 1.12. The van der Waals surface area contributed by atoms with E-state index in [1.807, 2.05) is 19.1 Å². The molecule has 22 heavy (non-hydrogen) atoms. The quantitative estimate of drug-likeness (QED) is 0.794. The minimum atomic E-state index is 0.572. The van der Waals surface area contributed by atoms with Crippen molar-refractivity contribution in [1.29, 1.82) is 0 Å². The van der Waals surface area contributed by atoms with Crippen LogP contribution < -0.4 is 14.8 Å². The molecule has 0 radical (unpaired) electrons. The van der Waals surface area contributed by atoms with Gasteiger partial charge in [-0.25, -0.2) is 0 Å². The number of likely N-dealkylation sites (N-methyl/N-ethyl adjacent to an activating group) is 1. The topological polar surface area (TPSA) is 33.7 Å². The molecule has 0 amide bonds. The van der Waals surface area contributed by atoms with Crippen LogP contribution in [-0.2, 0) is 6.54 Å². The summed E-state index contributed by atoms with van der Waals surface area (Å²) in [6.45, 7) is 8.90. The van der Waals surface area contributed by atoms with Crippen molar-refractivity contribution in [2.45, 2.75) is 39.3 Å². The molecule has 1 fully saturated rings. The van der Waals surface area contributed by atoms with Crippen molar-refractivity contribution < 1.29 is 9.47 Å². The maximum Gasteiger partial charge on any atom is 0.179 e. The standard InChI is InChI=1S/C17H27ClN2O2/c1-4-20-8-6-7-14(20)12-19-11-13-9-15(18)17(22-5-2)16(10-13)21-3/h9-10,14,19H,4-8,11-12H2,1-3H3/t14-/m1/s1. The van der Waals surface area contributed by atoms with Crippen LogP contribution in [0.1, 0.15) is 32.3 Å². The zero-order valence-electron chi connectivity index (χ0n) is 13.8. The summed E-state index contributed by atoms with van der Waals surface area (Å²) in [4.78, 5) is 2.54. The Bertz CT molecular complexity index is 482. The molecular weight excluding hydrogens is 300 g/mol. The lowest BCUT2D eigenvalue weighted by molar-refractivity contribution is 0.260. The van der Waals surface area contributed by atoms with Gasteiger partial charge in [0.1, 0.15) is 0 Å². The van der Waals surface area contributed by atoms with Crippen LogP contribution in [0.5, 0.6) is 11.5 Å². The number of nitrogens with zero attached hydrogens (tertiary/aromatic N) is 1. The number of hydrogen-bond donors (Lipinski definition) is 1. The Balaban J connectivity index is 1.94. The number of rotatable bonds is 8. The van der Waals surface area contributed by atoms with Crippen LogP contribution >= 0.6 is 11.6 Å². The molecule has 1 aliphatic heterocycles. The number of hydrogen-bond acceptors (Lipinski definition) is 4. The molecule has 1 aliphatic rings. The second-order valence-corrected chi connectivity index (χ2v) is 6.00. The fourth-order valence-corrected chi connectivity index (χ4v) is 3.37. The lowest BCUT2D eigenvalue weighted by Crippen LogP contribution is -2.37. The van der Waals surface area contributed by atoms with Crippen molar-refractivity contribution >= 4 is 11.6 Å². The monoisotopic (exact) mass is 326 g/mol. The van der Waals surface area contributed by atoms with E-state index in [4.69, 9.17) is 21.1 Å². The Kier molecular flexibility index (Phi) is 6.80. The molecule has 0 spiro atoms. The first-order chi connectivity index (χ1) is 10.7. The first-order valence-corrected chi connectivity index (χ1v) is 8.51. The Morgan fingerprint density at radius 3 is 2.86 bits per heavy atom. The van der Waals surface area contributed by atoms with Gasteiger partial charge in [0.05, 0.1) is 18.7 Å². The van der Waals surface area contributed by atoms with Crippen LogP contribution in [0.3, 0.4) is 0 Å². The number of benzene rings is 1. The molecule has 0 aliphatic carbocycles. The van der Waals surface area contributed by atoms with Crippen LogP contribution in [0, 0.1) is 0 Å². The summed E-state index contributed by atoms with van der Waals surface area (Å²) in [6, 6.07) is 4.61. The van der Waals surface area contributed by atoms with Crippen molar-refractivity contribution in [1.82, 2.24) is 10.2 Å². The highest BCUT2D eigenvalue weighted by molar-refractivity contribution is 6.32. The SMILES string of the molecule is CCOc1c(Cl)cc(CNC[C@H]2CCCN2CC)cc1OC. The van der Waals surface area contributed by atoms with E-state index in [-0.39, 0.29) is 0 Å². The van der Waals surface area contributed by atoms with Crippen molar-refractivity contribution in [3.05, 3.63) is 22.7 Å². The third kappa shape index (κ3) is 4.28. The van der Waals surface area contributed by atoms with E-state index in [9.17, 15) is 0 Å². The number of likely N-dealkylation sites (tertiary alicyclic amines) is 1. The summed E-state index contributed by atoms with van der Waals surface area (Å²) in [6.07, 6.45) is 2.59. The first kappa shape index (κ1) is 17.4. The van der Waals surface area contributed by atoms with E-state index in [2.05, 4.69) is 17.1 Å². The van der Waals surface area contributed by atoms with Gasteiger partial charge in [-0.3, -0.25) is 4.90 Å². The predicted octanol–water partition coefficient (Wildman–Crippen LogP) is 3.32. The molecule has 0 unspecified atom stereocenters. The number of nitrogens with one attached hydrogen (secondary N) is 1. The summed E-state index contributed by atoms with van der Waals surface area (Å²) >= 11 is 6.30. The second-order valence-electron chi connectivity index (χ2n) is 5.60. The summed E-state index contributed by atoms with van der Waals surface area (Å²) in [7, 11) is 1.64. The zero-order valence-corrected chi connectivity index (χ0v) is 14.6. The van der Waals surface area contributed by atoms with Gasteiger partial charge in [0.25, 0.3) is 0 Å². The maximum atomic E-state index is 6.30. The Morgan fingerprint density at radius 1 is 1.36 bits per heavy atom. The van der Waals surface area contributed by atoms with E-state index < -0.39 is 0 Å². The third-order valence-electron chi connectivity index (χ3n) is 4.19. The normalized spacial score (nSPS) is 18.6. The van der Waals surface area contributed by atoms with E-state index in [0.29, 0.717) is 29.2 Å². The van der Waals surface area contributed by atoms with Gasteiger partial charge in [0.2, 0.25) is 0 Å². The molecule has 2 rings (SSSR count). The average Bonchev–Trinajstić information content (AvgIpc) is 2.97. The Morgan fingerprint density at radius 2 is 2.18 bits per heavy atom. The molecule has 0 aromatic heterocycles. The molecule has 5 heteroatoms. The molecule has 1 saturated heterocycles. The third-order valence-corrected chi connectivity index (χ3v) is 4.47. The van der Waals surface area contributed by atoms with Gasteiger partial charge in [0, 0.05) is 19.1 Å². The van der Waals surface area contributed by atoms with Gasteiger partial charge in [-0.2, -0.15) is 0 Å². The van der Waals surface area contributed by atoms with Crippen molar-refractivity contribution in [2.24, 2.45) is 0 Å². The Labute approximate surface area is 138 Å². The first-order valence-electron chi connectivity index (χ1n) is 8.13. The molecule has 1 aromatic rings. The lowest BCUT2D eigenvalue weighted by Gasteiger charge is -2.23. The van der Waals surface area contributed by atoms with E-state index >= 15 is 0 Å². The van der Waals surface area contributed by atoms with Crippen LogP contribution in [0.15, 0.2) is 12.1 Å². The van der Waals surface area contributed by atoms with Crippen LogP contribution in [0.4, 0.5) is 0 Å². The molecule has 1 atom stereocenters. The van der Waals surface area contributed by atoms with Gasteiger partial charge < -0.3 is 14.8 Å². The minimum Gasteiger partial charge on any atom is -0.493 e. The summed E-state index contributed by atoms with van der Waals surface area (Å²) in [5, 5.41) is 4.15. The summed E-state index contributed by atoms with van der Waals surface area (Å²) < 4.78 is 10.9. The van der Waals surface area contributed by atoms with Crippen molar-refractivity contribution in [3.63, 3.8) is 0 Å². The fourth-order valence-electron chi connectivity index (χ4n) is 3.09. The average molecular weight is 327 g/mol. The number of methoxy groups -OCH3 is 1. The Hall–Kier alpha value is -0.970. The van der Waals surface area contributed by atoms with Gasteiger partial charge in [-0.15, -0.1) is 0 Å². The zero-order chi connectivity index (χ0) is 15.9. The van der Waals surface area contributed by atoms with Crippen LogP contribution in [-0.4, -0.2) is 44.3 Å². The fraction of sp³-hybridized carbons (Fsp3) is 0.647. The minimum absolute atomic E-state index is 0.572. The maximum absolute atomic E-state index is 6.30.